The van der Waals surface area contributed by atoms with Gasteiger partial charge in [-0.1, -0.05) is 0 Å². The van der Waals surface area contributed by atoms with Crippen LogP contribution in [0.1, 0.15) is 0 Å². The van der Waals surface area contributed by atoms with E-state index in [1.165, 1.54) is 0 Å². The molecule has 5 nitrogen and oxygen atoms in total. The molecule has 5 heteroatoms. The maximum atomic E-state index is 5.60. The number of hydrogen-bond donors (Lipinski definition) is 1. The Morgan fingerprint density at radius 1 is 1.21 bits per heavy atom. The Morgan fingerprint density at radius 2 is 1.89 bits per heavy atom. The molecule has 0 fully saturated rings. The van der Waals surface area contributed by atoms with E-state index in [0.29, 0.717) is 18.0 Å². The van der Waals surface area contributed by atoms with Crippen LogP contribution in [-0.4, -0.2) is 39.3 Å². The lowest BCUT2D eigenvalue weighted by Crippen LogP contribution is -2.25. The van der Waals surface area contributed by atoms with E-state index in [2.05, 4.69) is 4.98 Å². The van der Waals surface area contributed by atoms with Crippen LogP contribution in [0.3, 0.4) is 0 Å². The average molecular weight is 261 g/mol. The van der Waals surface area contributed by atoms with Gasteiger partial charge in [-0.15, -0.1) is 0 Å². The van der Waals surface area contributed by atoms with Crippen LogP contribution in [0.4, 0.5) is 5.82 Å². The van der Waals surface area contributed by atoms with Crippen LogP contribution in [0, 0.1) is 0 Å². The van der Waals surface area contributed by atoms with E-state index in [-0.39, 0.29) is 0 Å². The smallest absolute Gasteiger partial charge is 0.161 e. The number of rotatable bonds is 5. The van der Waals surface area contributed by atoms with E-state index >= 15 is 0 Å². The highest BCUT2D eigenvalue weighted by Gasteiger charge is 2.11. The molecule has 0 radical (unpaired) electrons. The molecule has 1 aromatic heterocycles. The van der Waals surface area contributed by atoms with Gasteiger partial charge in [0.1, 0.15) is 5.82 Å². The molecule has 2 aromatic rings. The van der Waals surface area contributed by atoms with Crippen LogP contribution in [-0.2, 0) is 0 Å². The zero-order valence-corrected chi connectivity index (χ0v) is 11.5. The first-order chi connectivity index (χ1) is 9.21. The van der Waals surface area contributed by atoms with Crippen molar-refractivity contribution in [3.63, 3.8) is 0 Å². The van der Waals surface area contributed by atoms with Gasteiger partial charge in [-0.05, 0) is 23.6 Å². The first kappa shape index (κ1) is 13.4. The molecule has 0 aliphatic heterocycles. The van der Waals surface area contributed by atoms with Gasteiger partial charge in [-0.3, -0.25) is 0 Å². The Balaban J connectivity index is 2.60. The molecule has 0 spiro atoms. The lowest BCUT2D eigenvalue weighted by atomic mass is 10.1. The summed E-state index contributed by atoms with van der Waals surface area (Å²) in [5.41, 5.74) is 5.60. The second-order valence-electron chi connectivity index (χ2n) is 4.27. The van der Waals surface area contributed by atoms with E-state index in [0.717, 1.165) is 23.1 Å². The summed E-state index contributed by atoms with van der Waals surface area (Å²) < 4.78 is 10.7. The highest BCUT2D eigenvalue weighted by molar-refractivity contribution is 5.94. The largest absolute Gasteiger partial charge is 0.493 e. The topological polar surface area (TPSA) is 60.6 Å². The van der Waals surface area contributed by atoms with Gasteiger partial charge in [0.05, 0.1) is 14.2 Å². The number of methoxy groups -OCH3 is 2. The molecule has 0 atom stereocenters. The number of nitrogens with zero attached hydrogens (tertiary/aromatic N) is 2. The Bertz CT molecular complexity index is 572. The van der Waals surface area contributed by atoms with Gasteiger partial charge in [0, 0.05) is 31.7 Å². The van der Waals surface area contributed by atoms with Crippen molar-refractivity contribution in [1.82, 2.24) is 4.98 Å². The number of anilines is 1. The summed E-state index contributed by atoms with van der Waals surface area (Å²) in [4.78, 5) is 6.47. The summed E-state index contributed by atoms with van der Waals surface area (Å²) in [6.45, 7) is 1.34. The summed E-state index contributed by atoms with van der Waals surface area (Å²) in [5.74, 6) is 2.31. The second kappa shape index (κ2) is 5.75. The normalized spacial score (nSPS) is 10.5. The van der Waals surface area contributed by atoms with Crippen LogP contribution in [0.2, 0.25) is 0 Å². The van der Waals surface area contributed by atoms with Crippen LogP contribution in [0.5, 0.6) is 11.5 Å². The molecule has 0 amide bonds. The number of hydrogen-bond acceptors (Lipinski definition) is 5. The molecule has 19 heavy (non-hydrogen) atoms. The van der Waals surface area contributed by atoms with Crippen LogP contribution in [0.15, 0.2) is 24.4 Å². The maximum absolute atomic E-state index is 5.60. The molecule has 0 saturated heterocycles. The molecule has 2 N–H and O–H groups in total. The lowest BCUT2D eigenvalue weighted by Gasteiger charge is -2.19. The summed E-state index contributed by atoms with van der Waals surface area (Å²) in [6, 6.07) is 5.86. The number of aromatic nitrogens is 1. The molecule has 0 saturated carbocycles. The van der Waals surface area contributed by atoms with Gasteiger partial charge in [-0.25, -0.2) is 4.98 Å². The molecule has 0 aliphatic carbocycles. The highest BCUT2D eigenvalue weighted by atomic mass is 16.5. The van der Waals surface area contributed by atoms with Crippen LogP contribution < -0.4 is 20.1 Å². The Morgan fingerprint density at radius 3 is 2.53 bits per heavy atom. The van der Waals surface area contributed by atoms with E-state index in [1.54, 1.807) is 20.4 Å². The molecule has 102 valence electrons. The molecule has 0 unspecified atom stereocenters. The highest BCUT2D eigenvalue weighted by Crippen LogP contribution is 2.35. The third-order valence-electron chi connectivity index (χ3n) is 3.07. The molecule has 2 rings (SSSR count). The van der Waals surface area contributed by atoms with Crippen molar-refractivity contribution in [3.05, 3.63) is 24.4 Å². The predicted molar refractivity (Wildman–Crippen MR) is 77.2 cm³/mol. The lowest BCUT2D eigenvalue weighted by molar-refractivity contribution is 0.356. The third-order valence-corrected chi connectivity index (χ3v) is 3.07. The fourth-order valence-corrected chi connectivity index (χ4v) is 2.09. The standard InChI is InChI=1S/C14H19N3O2/c1-17(7-5-15)14-11-9-13(19-3)12(18-2)8-10(11)4-6-16-14/h4,6,8-9H,5,7,15H2,1-3H3. The number of nitrogens with two attached hydrogens (primary N) is 1. The van der Waals surface area contributed by atoms with Crippen molar-refractivity contribution in [2.75, 3.05) is 39.3 Å². The molecular formula is C14H19N3O2. The zero-order valence-electron chi connectivity index (χ0n) is 11.5. The van der Waals surface area contributed by atoms with Crippen LogP contribution >= 0.6 is 0 Å². The monoisotopic (exact) mass is 261 g/mol. The van der Waals surface area contributed by atoms with Crippen molar-refractivity contribution in [2.24, 2.45) is 5.73 Å². The summed E-state index contributed by atoms with van der Waals surface area (Å²) in [5, 5.41) is 2.09. The van der Waals surface area contributed by atoms with Gasteiger partial charge < -0.3 is 20.1 Å². The minimum absolute atomic E-state index is 0.585. The average Bonchev–Trinajstić information content (AvgIpc) is 2.45. The fraction of sp³-hybridized carbons (Fsp3) is 0.357. The first-order valence-electron chi connectivity index (χ1n) is 6.13. The van der Waals surface area contributed by atoms with Gasteiger partial charge >= 0.3 is 0 Å². The first-order valence-corrected chi connectivity index (χ1v) is 6.13. The van der Waals surface area contributed by atoms with Crippen molar-refractivity contribution >= 4 is 16.6 Å². The zero-order chi connectivity index (χ0) is 13.8. The van der Waals surface area contributed by atoms with E-state index < -0.39 is 0 Å². The van der Waals surface area contributed by atoms with E-state index in [9.17, 15) is 0 Å². The van der Waals surface area contributed by atoms with Crippen molar-refractivity contribution in [2.45, 2.75) is 0 Å². The summed E-state index contributed by atoms with van der Waals surface area (Å²) in [7, 11) is 5.24. The summed E-state index contributed by atoms with van der Waals surface area (Å²) >= 11 is 0. The quantitative estimate of drug-likeness (QED) is 0.886. The van der Waals surface area contributed by atoms with Gasteiger partial charge in [0.25, 0.3) is 0 Å². The van der Waals surface area contributed by atoms with Gasteiger partial charge in [0.2, 0.25) is 0 Å². The minimum Gasteiger partial charge on any atom is -0.493 e. The van der Waals surface area contributed by atoms with E-state index in [1.807, 2.05) is 30.1 Å². The van der Waals surface area contributed by atoms with Gasteiger partial charge in [0.15, 0.2) is 11.5 Å². The number of benzene rings is 1. The maximum Gasteiger partial charge on any atom is 0.161 e. The number of likely N-dealkylation sites (N-methyl/N-ethyl adjacent to an activating group) is 1. The number of fused-ring (bicyclic) bond motifs is 1. The molecule has 0 aliphatic rings. The Hall–Kier alpha value is -2.01. The second-order valence-corrected chi connectivity index (χ2v) is 4.27. The Kier molecular flexibility index (Phi) is 4.06. The number of ether oxygens (including phenoxy) is 2. The molecule has 1 aromatic carbocycles. The van der Waals surface area contributed by atoms with E-state index in [4.69, 9.17) is 15.2 Å². The number of pyridine rings is 1. The minimum atomic E-state index is 0.585. The van der Waals surface area contributed by atoms with Crippen LogP contribution in [0.25, 0.3) is 10.8 Å². The fourth-order valence-electron chi connectivity index (χ4n) is 2.09. The molecule has 1 heterocycles. The van der Waals surface area contributed by atoms with Gasteiger partial charge in [-0.2, -0.15) is 0 Å². The predicted octanol–water partition coefficient (Wildman–Crippen LogP) is 1.65. The molecular weight excluding hydrogens is 242 g/mol. The Labute approximate surface area is 112 Å². The SMILES string of the molecule is COc1cc2ccnc(N(C)CCN)c2cc1OC. The summed E-state index contributed by atoms with van der Waals surface area (Å²) in [6.07, 6.45) is 1.79. The van der Waals surface area contributed by atoms with Crippen molar-refractivity contribution in [3.8, 4) is 11.5 Å². The van der Waals surface area contributed by atoms with Crippen molar-refractivity contribution in [1.29, 1.82) is 0 Å². The van der Waals surface area contributed by atoms with Crippen molar-refractivity contribution < 1.29 is 9.47 Å². The third kappa shape index (κ3) is 2.56. The molecule has 0 bridgehead atoms.